The molecule has 1 aliphatic carbocycles. The number of fused-ring (bicyclic) bond motifs is 1. The highest BCUT2D eigenvalue weighted by atomic mass is 35.5. The molecule has 1 saturated heterocycles. The lowest BCUT2D eigenvalue weighted by Gasteiger charge is -2.41. The van der Waals surface area contributed by atoms with Gasteiger partial charge in [0, 0.05) is 44.8 Å². The maximum absolute atomic E-state index is 13.9. The van der Waals surface area contributed by atoms with Crippen molar-refractivity contribution in [2.75, 3.05) is 57.2 Å². The second kappa shape index (κ2) is 14.7. The Hall–Kier alpha value is -3.82. The van der Waals surface area contributed by atoms with Gasteiger partial charge in [0.1, 0.15) is 5.82 Å². The van der Waals surface area contributed by atoms with Gasteiger partial charge in [-0.2, -0.15) is 0 Å². The summed E-state index contributed by atoms with van der Waals surface area (Å²) < 4.78 is 12.0. The Morgan fingerprint density at radius 1 is 1.00 bits per heavy atom. The van der Waals surface area contributed by atoms with Crippen LogP contribution in [0.5, 0.6) is 11.5 Å². The number of hydrogen-bond acceptors (Lipinski definition) is 7. The number of methoxy groups -OCH3 is 1. The van der Waals surface area contributed by atoms with E-state index in [9.17, 15) is 9.59 Å². The number of rotatable bonds is 10. The first-order chi connectivity index (χ1) is 23.1. The largest absolute Gasteiger partial charge is 0.493 e. The Morgan fingerprint density at radius 3 is 2.40 bits per heavy atom. The van der Waals surface area contributed by atoms with Crippen molar-refractivity contribution in [3.05, 3.63) is 76.4 Å². The van der Waals surface area contributed by atoms with E-state index in [-0.39, 0.29) is 30.4 Å². The molecule has 2 amide bonds. The fourth-order valence-corrected chi connectivity index (χ4v) is 7.51. The van der Waals surface area contributed by atoms with Gasteiger partial charge in [-0.25, -0.2) is 4.98 Å². The molecule has 0 N–H and O–H groups in total. The van der Waals surface area contributed by atoms with Crippen LogP contribution < -0.4 is 19.3 Å². The van der Waals surface area contributed by atoms with E-state index in [0.717, 1.165) is 79.9 Å². The highest BCUT2D eigenvalue weighted by Crippen LogP contribution is 2.44. The number of halogens is 1. The standard InChI is InChI=1S/C38H48ClN5O4/c1-6-25(2)48-34-21-32-28(19-33(34)47-5)20-36(45)44(38(32)27-9-11-29(39)12-10-27)31-15-16-35(40-22-31)42(4)23-26-7-13-30(14-8-26)43-18-17-41(3)37(46)24-43/h9-12,15-16,19,21-22,25-26,30,38H,6-8,13-14,17-18,20,23-24H2,1-5H3/t25-,26-,30-,38+/m1/s1. The molecule has 6 rings (SSSR count). The smallest absolute Gasteiger partial charge is 0.236 e. The molecule has 2 atom stereocenters. The van der Waals surface area contributed by atoms with Crippen molar-refractivity contribution < 1.29 is 19.1 Å². The molecule has 0 radical (unpaired) electrons. The maximum atomic E-state index is 13.9. The molecule has 2 aliphatic heterocycles. The summed E-state index contributed by atoms with van der Waals surface area (Å²) >= 11 is 6.29. The lowest BCUT2D eigenvalue weighted by Crippen LogP contribution is -2.53. The molecule has 48 heavy (non-hydrogen) atoms. The van der Waals surface area contributed by atoms with E-state index in [4.69, 9.17) is 26.1 Å². The molecule has 3 aromatic rings. The third-order valence-corrected chi connectivity index (χ3v) is 10.7. The molecule has 3 aliphatic rings. The van der Waals surface area contributed by atoms with Crippen molar-refractivity contribution in [2.45, 2.75) is 70.6 Å². The Kier molecular flexibility index (Phi) is 10.5. The minimum absolute atomic E-state index is 0.0122. The molecule has 0 bridgehead atoms. The van der Waals surface area contributed by atoms with Crippen molar-refractivity contribution >= 4 is 34.9 Å². The van der Waals surface area contributed by atoms with Gasteiger partial charge < -0.3 is 19.3 Å². The van der Waals surface area contributed by atoms with Gasteiger partial charge in [-0.15, -0.1) is 0 Å². The Balaban J connectivity index is 1.20. The lowest BCUT2D eigenvalue weighted by molar-refractivity contribution is -0.135. The van der Waals surface area contributed by atoms with Gasteiger partial charge >= 0.3 is 0 Å². The fraction of sp³-hybridized carbons (Fsp3) is 0.500. The minimum Gasteiger partial charge on any atom is -0.493 e. The molecule has 2 fully saturated rings. The first-order valence-electron chi connectivity index (χ1n) is 17.2. The van der Waals surface area contributed by atoms with Crippen LogP contribution >= 0.6 is 11.6 Å². The normalized spacial score (nSPS) is 22.3. The van der Waals surface area contributed by atoms with Crippen molar-refractivity contribution in [1.29, 1.82) is 0 Å². The number of carbonyl (C=O) groups is 2. The van der Waals surface area contributed by atoms with Crippen molar-refractivity contribution in [2.24, 2.45) is 5.92 Å². The number of carbonyl (C=O) groups excluding carboxylic acids is 2. The molecular formula is C38H48ClN5O4. The summed E-state index contributed by atoms with van der Waals surface area (Å²) in [5.41, 5.74) is 3.60. The zero-order valence-corrected chi connectivity index (χ0v) is 29.6. The molecule has 2 aromatic carbocycles. The highest BCUT2D eigenvalue weighted by Gasteiger charge is 2.37. The van der Waals surface area contributed by atoms with Gasteiger partial charge in [0.2, 0.25) is 11.8 Å². The SMILES string of the molecule is CC[C@@H](C)Oc1cc2c(cc1OC)CC(=O)N(c1ccc(N(C)C[C@H]3CC[C@H](N4CCN(C)C(=O)C4)CC3)nc1)[C@H]2c1ccc(Cl)cc1. The third kappa shape index (κ3) is 7.27. The van der Waals surface area contributed by atoms with E-state index in [1.165, 1.54) is 0 Å². The van der Waals surface area contributed by atoms with E-state index in [2.05, 4.69) is 23.8 Å². The lowest BCUT2D eigenvalue weighted by atomic mass is 9.84. The summed E-state index contributed by atoms with van der Waals surface area (Å²) in [6, 6.07) is 15.8. The average Bonchev–Trinajstić information content (AvgIpc) is 3.09. The first kappa shape index (κ1) is 34.1. The van der Waals surface area contributed by atoms with Crippen LogP contribution in [-0.4, -0.2) is 86.1 Å². The second-order valence-electron chi connectivity index (χ2n) is 13.6. The zero-order valence-electron chi connectivity index (χ0n) is 28.8. The number of likely N-dealkylation sites (N-methyl/N-ethyl adjacent to an activating group) is 1. The third-order valence-electron chi connectivity index (χ3n) is 10.4. The molecule has 9 nitrogen and oxygen atoms in total. The number of nitrogens with zero attached hydrogens (tertiary/aromatic N) is 5. The maximum Gasteiger partial charge on any atom is 0.236 e. The van der Waals surface area contributed by atoms with Crippen LogP contribution in [0.15, 0.2) is 54.7 Å². The topological polar surface area (TPSA) is 78.5 Å². The Morgan fingerprint density at radius 2 is 1.75 bits per heavy atom. The fourth-order valence-electron chi connectivity index (χ4n) is 7.38. The number of aromatic nitrogens is 1. The summed E-state index contributed by atoms with van der Waals surface area (Å²) in [6.45, 7) is 7.39. The van der Waals surface area contributed by atoms with Crippen molar-refractivity contribution in [1.82, 2.24) is 14.8 Å². The number of benzene rings is 2. The zero-order chi connectivity index (χ0) is 33.9. The van der Waals surface area contributed by atoms with Crippen LogP contribution in [0.1, 0.15) is 68.7 Å². The van der Waals surface area contributed by atoms with Gasteiger partial charge in [0.25, 0.3) is 0 Å². The molecule has 1 saturated carbocycles. The van der Waals surface area contributed by atoms with E-state index in [1.54, 1.807) is 7.11 Å². The predicted octanol–water partition coefficient (Wildman–Crippen LogP) is 6.37. The van der Waals surface area contributed by atoms with E-state index in [1.807, 2.05) is 78.5 Å². The summed E-state index contributed by atoms with van der Waals surface area (Å²) in [7, 11) is 5.62. The van der Waals surface area contributed by atoms with Gasteiger partial charge in [-0.3, -0.25) is 19.4 Å². The van der Waals surface area contributed by atoms with Crippen molar-refractivity contribution in [3.8, 4) is 11.5 Å². The summed E-state index contributed by atoms with van der Waals surface area (Å²) in [6.07, 6.45) is 7.48. The molecule has 0 spiro atoms. The van der Waals surface area contributed by atoms with Gasteiger partial charge in [0.05, 0.1) is 44.1 Å². The van der Waals surface area contributed by atoms with Crippen LogP contribution in [-0.2, 0) is 16.0 Å². The minimum atomic E-state index is -0.389. The van der Waals surface area contributed by atoms with Crippen LogP contribution in [0.3, 0.4) is 0 Å². The Labute approximate surface area is 289 Å². The number of hydrogen-bond donors (Lipinski definition) is 0. The van der Waals surface area contributed by atoms with Crippen molar-refractivity contribution in [3.63, 3.8) is 0 Å². The number of pyridine rings is 1. The molecule has 10 heteroatoms. The average molecular weight is 674 g/mol. The van der Waals surface area contributed by atoms with Crippen LogP contribution in [0.25, 0.3) is 0 Å². The predicted molar refractivity (Wildman–Crippen MR) is 190 cm³/mol. The van der Waals surface area contributed by atoms with Crippen LogP contribution in [0.2, 0.25) is 5.02 Å². The molecule has 1 aromatic heterocycles. The van der Waals surface area contributed by atoms with E-state index < -0.39 is 0 Å². The van der Waals surface area contributed by atoms with Gasteiger partial charge in [0.15, 0.2) is 11.5 Å². The highest BCUT2D eigenvalue weighted by molar-refractivity contribution is 6.30. The van der Waals surface area contributed by atoms with Gasteiger partial charge in [-0.1, -0.05) is 30.7 Å². The number of anilines is 2. The molecule has 3 heterocycles. The molecular weight excluding hydrogens is 626 g/mol. The molecule has 0 unspecified atom stereocenters. The summed E-state index contributed by atoms with van der Waals surface area (Å²) in [5.74, 6) is 2.97. The summed E-state index contributed by atoms with van der Waals surface area (Å²) in [5, 5.41) is 0.639. The number of amides is 2. The number of piperazine rings is 1. The van der Waals surface area contributed by atoms with Crippen LogP contribution in [0, 0.1) is 5.92 Å². The number of ether oxygens (including phenoxy) is 2. The second-order valence-corrected chi connectivity index (χ2v) is 14.1. The van der Waals surface area contributed by atoms with Gasteiger partial charge in [-0.05, 0) is 98.0 Å². The first-order valence-corrected chi connectivity index (χ1v) is 17.6. The summed E-state index contributed by atoms with van der Waals surface area (Å²) in [4.78, 5) is 39.3. The van der Waals surface area contributed by atoms with E-state index >= 15 is 0 Å². The Bertz CT molecular complexity index is 1590. The molecule has 256 valence electrons. The monoisotopic (exact) mass is 673 g/mol. The van der Waals surface area contributed by atoms with E-state index in [0.29, 0.717) is 35.0 Å². The quantitative estimate of drug-likeness (QED) is 0.248. The van der Waals surface area contributed by atoms with Crippen LogP contribution in [0.4, 0.5) is 11.5 Å².